The zero-order valence-corrected chi connectivity index (χ0v) is 18.0. The molecule has 156 valence electrons. The van der Waals surface area contributed by atoms with Crippen LogP contribution in [0.3, 0.4) is 0 Å². The third-order valence-electron chi connectivity index (χ3n) is 4.31. The van der Waals surface area contributed by atoms with Gasteiger partial charge in [-0.3, -0.25) is 14.7 Å². The van der Waals surface area contributed by atoms with Gasteiger partial charge in [-0.15, -0.1) is 6.58 Å². The number of hydrogen-bond donors (Lipinski definition) is 0. The van der Waals surface area contributed by atoms with Crippen molar-refractivity contribution in [1.82, 2.24) is 9.88 Å². The summed E-state index contributed by atoms with van der Waals surface area (Å²) in [6.07, 6.45) is 8.92. The molecule has 7 heteroatoms. The van der Waals surface area contributed by atoms with Crippen molar-refractivity contribution >= 4 is 34.6 Å². The van der Waals surface area contributed by atoms with Gasteiger partial charge < -0.3 is 9.47 Å². The standard InChI is InChI=1S/C23H25N3O3S/c1-4-6-13-29-19-10-9-17(14-20(19)28-3)15-21-22(27)26(12-5-2)23(30-21)25-18-8-7-11-24-16-18/h5,7-11,14-16H,2,4,6,12-13H2,1,3H3/b21-15-,25-23?. The van der Waals surface area contributed by atoms with Crippen LogP contribution >= 0.6 is 11.8 Å². The van der Waals surface area contributed by atoms with Crippen molar-refractivity contribution in [1.29, 1.82) is 0 Å². The highest BCUT2D eigenvalue weighted by Crippen LogP contribution is 2.35. The summed E-state index contributed by atoms with van der Waals surface area (Å²) >= 11 is 1.33. The Balaban J connectivity index is 1.86. The first kappa shape index (κ1) is 21.6. The number of benzene rings is 1. The highest BCUT2D eigenvalue weighted by Gasteiger charge is 2.32. The van der Waals surface area contributed by atoms with E-state index < -0.39 is 0 Å². The smallest absolute Gasteiger partial charge is 0.267 e. The largest absolute Gasteiger partial charge is 0.493 e. The van der Waals surface area contributed by atoms with E-state index in [0.717, 1.165) is 18.4 Å². The van der Waals surface area contributed by atoms with E-state index in [9.17, 15) is 4.79 Å². The second kappa shape index (κ2) is 10.6. The molecule has 0 saturated carbocycles. The summed E-state index contributed by atoms with van der Waals surface area (Å²) in [6, 6.07) is 9.32. The average molecular weight is 424 g/mol. The molecule has 2 heterocycles. The number of carbonyl (C=O) groups is 1. The maximum Gasteiger partial charge on any atom is 0.267 e. The van der Waals surface area contributed by atoms with Crippen molar-refractivity contribution in [3.63, 3.8) is 0 Å². The van der Waals surface area contributed by atoms with Crippen LogP contribution in [0, 0.1) is 0 Å². The highest BCUT2D eigenvalue weighted by atomic mass is 32.2. The predicted molar refractivity (Wildman–Crippen MR) is 122 cm³/mol. The summed E-state index contributed by atoms with van der Waals surface area (Å²) in [5.41, 5.74) is 1.55. The van der Waals surface area contributed by atoms with Gasteiger partial charge in [0, 0.05) is 12.7 Å². The molecule has 1 aliphatic heterocycles. The Hall–Kier alpha value is -3.06. The lowest BCUT2D eigenvalue weighted by Crippen LogP contribution is -2.29. The molecule has 1 fully saturated rings. The van der Waals surface area contributed by atoms with Gasteiger partial charge in [0.1, 0.15) is 0 Å². The molecule has 1 amide bonds. The molecule has 6 nitrogen and oxygen atoms in total. The van der Waals surface area contributed by atoms with Gasteiger partial charge in [0.15, 0.2) is 16.7 Å². The van der Waals surface area contributed by atoms with Crippen molar-refractivity contribution < 1.29 is 14.3 Å². The number of amidine groups is 1. The molecule has 30 heavy (non-hydrogen) atoms. The van der Waals surface area contributed by atoms with Gasteiger partial charge in [0.05, 0.1) is 30.5 Å². The van der Waals surface area contributed by atoms with Gasteiger partial charge in [-0.25, -0.2) is 4.99 Å². The lowest BCUT2D eigenvalue weighted by molar-refractivity contribution is -0.121. The van der Waals surface area contributed by atoms with E-state index >= 15 is 0 Å². The minimum atomic E-state index is -0.107. The minimum absolute atomic E-state index is 0.107. The fourth-order valence-corrected chi connectivity index (χ4v) is 3.79. The van der Waals surface area contributed by atoms with Crippen LogP contribution < -0.4 is 9.47 Å². The maximum atomic E-state index is 12.9. The van der Waals surface area contributed by atoms with E-state index in [1.165, 1.54) is 11.8 Å². The number of unbranched alkanes of at least 4 members (excludes halogenated alkanes) is 1. The van der Waals surface area contributed by atoms with E-state index in [0.29, 0.717) is 40.4 Å². The summed E-state index contributed by atoms with van der Waals surface area (Å²) in [6.45, 7) is 6.90. The zero-order chi connectivity index (χ0) is 21.3. The molecular formula is C23H25N3O3S. The molecule has 0 spiro atoms. The van der Waals surface area contributed by atoms with Crippen LogP contribution in [0.25, 0.3) is 6.08 Å². The second-order valence-electron chi connectivity index (χ2n) is 6.53. The Bertz CT molecular complexity index is 957. The van der Waals surface area contributed by atoms with Crippen molar-refractivity contribution in [3.05, 3.63) is 65.8 Å². The quantitative estimate of drug-likeness (QED) is 0.320. The van der Waals surface area contributed by atoms with Crippen LogP contribution in [0.1, 0.15) is 25.3 Å². The number of thioether (sulfide) groups is 1. The van der Waals surface area contributed by atoms with Crippen LogP contribution in [0.2, 0.25) is 0 Å². The lowest BCUT2D eigenvalue weighted by atomic mass is 10.2. The molecule has 3 rings (SSSR count). The topological polar surface area (TPSA) is 64.0 Å². The third-order valence-corrected chi connectivity index (χ3v) is 5.32. The molecule has 0 N–H and O–H groups in total. The van der Waals surface area contributed by atoms with E-state index in [-0.39, 0.29) is 5.91 Å². The first-order valence-electron chi connectivity index (χ1n) is 9.78. The Labute approximate surface area is 181 Å². The summed E-state index contributed by atoms with van der Waals surface area (Å²) in [4.78, 5) is 23.8. The van der Waals surface area contributed by atoms with E-state index in [1.807, 2.05) is 36.4 Å². The number of hydrogen-bond acceptors (Lipinski definition) is 6. The summed E-state index contributed by atoms with van der Waals surface area (Å²) in [7, 11) is 1.61. The Morgan fingerprint density at radius 2 is 2.17 bits per heavy atom. The fourth-order valence-electron chi connectivity index (χ4n) is 2.78. The van der Waals surface area contributed by atoms with Crippen LogP contribution in [-0.2, 0) is 4.79 Å². The fraction of sp³-hybridized carbons (Fsp3) is 0.261. The summed E-state index contributed by atoms with van der Waals surface area (Å²) in [5, 5.41) is 0.602. The number of amides is 1. The van der Waals surface area contributed by atoms with Gasteiger partial charge >= 0.3 is 0 Å². The van der Waals surface area contributed by atoms with Crippen molar-refractivity contribution in [3.8, 4) is 11.5 Å². The van der Waals surface area contributed by atoms with E-state index in [2.05, 4.69) is 23.5 Å². The minimum Gasteiger partial charge on any atom is -0.493 e. The van der Waals surface area contributed by atoms with Crippen molar-refractivity contribution in [2.24, 2.45) is 4.99 Å². The Morgan fingerprint density at radius 3 is 2.87 bits per heavy atom. The maximum absolute atomic E-state index is 12.9. The number of methoxy groups -OCH3 is 1. The molecule has 1 aromatic carbocycles. The number of ether oxygens (including phenoxy) is 2. The number of carbonyl (C=O) groups excluding carboxylic acids is 1. The molecule has 0 atom stereocenters. The number of aromatic nitrogens is 1. The van der Waals surface area contributed by atoms with Crippen LogP contribution in [0.4, 0.5) is 5.69 Å². The Morgan fingerprint density at radius 1 is 1.30 bits per heavy atom. The second-order valence-corrected chi connectivity index (χ2v) is 7.54. The lowest BCUT2D eigenvalue weighted by Gasteiger charge is -2.12. The molecule has 1 aliphatic rings. The predicted octanol–water partition coefficient (Wildman–Crippen LogP) is 5.06. The molecular weight excluding hydrogens is 398 g/mol. The van der Waals surface area contributed by atoms with E-state index in [1.54, 1.807) is 30.5 Å². The molecule has 1 aromatic heterocycles. The van der Waals surface area contributed by atoms with Crippen LogP contribution in [0.15, 0.2) is 65.3 Å². The first-order valence-corrected chi connectivity index (χ1v) is 10.6. The van der Waals surface area contributed by atoms with Crippen molar-refractivity contribution in [2.75, 3.05) is 20.3 Å². The summed E-state index contributed by atoms with van der Waals surface area (Å²) in [5.74, 6) is 1.23. The van der Waals surface area contributed by atoms with E-state index in [4.69, 9.17) is 9.47 Å². The van der Waals surface area contributed by atoms with Crippen molar-refractivity contribution in [2.45, 2.75) is 19.8 Å². The third kappa shape index (κ3) is 5.30. The summed E-state index contributed by atoms with van der Waals surface area (Å²) < 4.78 is 11.3. The van der Waals surface area contributed by atoms with Gasteiger partial charge in [0.2, 0.25) is 0 Å². The average Bonchev–Trinajstić information content (AvgIpc) is 3.04. The number of pyridine rings is 1. The molecule has 2 aromatic rings. The SMILES string of the molecule is C=CCN1C(=O)/C(=C/c2ccc(OCCCC)c(OC)c2)SC1=Nc1cccnc1. The van der Waals surface area contributed by atoms with Gasteiger partial charge in [-0.05, 0) is 54.1 Å². The van der Waals surface area contributed by atoms with Crippen LogP contribution in [0.5, 0.6) is 11.5 Å². The number of nitrogens with zero attached hydrogens (tertiary/aromatic N) is 3. The van der Waals surface area contributed by atoms with Crippen LogP contribution in [-0.4, -0.2) is 41.2 Å². The monoisotopic (exact) mass is 423 g/mol. The van der Waals surface area contributed by atoms with Gasteiger partial charge in [-0.1, -0.05) is 25.5 Å². The number of rotatable bonds is 9. The normalized spacial score (nSPS) is 16.3. The van der Waals surface area contributed by atoms with Gasteiger partial charge in [-0.2, -0.15) is 0 Å². The number of aliphatic imine (C=N–C) groups is 1. The molecule has 0 aliphatic carbocycles. The molecule has 0 unspecified atom stereocenters. The Kier molecular flexibility index (Phi) is 7.68. The van der Waals surface area contributed by atoms with Gasteiger partial charge in [0.25, 0.3) is 5.91 Å². The molecule has 0 radical (unpaired) electrons. The first-order chi connectivity index (χ1) is 14.7. The molecule has 0 bridgehead atoms. The zero-order valence-electron chi connectivity index (χ0n) is 17.2. The molecule has 1 saturated heterocycles. The highest BCUT2D eigenvalue weighted by molar-refractivity contribution is 8.18.